The molecule has 0 spiro atoms. The van der Waals surface area contributed by atoms with E-state index in [0.29, 0.717) is 24.2 Å². The Morgan fingerprint density at radius 1 is 1.22 bits per heavy atom. The number of nitrogens with zero attached hydrogens (tertiary/aromatic N) is 1. The molecule has 1 aromatic carbocycles. The molecule has 6 nitrogen and oxygen atoms in total. The number of nitrogens with one attached hydrogen (secondary N) is 1. The minimum Gasteiger partial charge on any atom is -0.372 e. The van der Waals surface area contributed by atoms with Crippen LogP contribution >= 0.6 is 0 Å². The fourth-order valence-electron chi connectivity index (χ4n) is 2.87. The van der Waals surface area contributed by atoms with E-state index in [9.17, 15) is 13.2 Å². The van der Waals surface area contributed by atoms with Crippen molar-refractivity contribution in [3.63, 3.8) is 0 Å². The van der Waals surface area contributed by atoms with Crippen LogP contribution in [0.5, 0.6) is 0 Å². The Bertz CT molecular complexity index is 705. The molecule has 0 unspecified atom stereocenters. The van der Waals surface area contributed by atoms with Crippen LogP contribution in [-0.4, -0.2) is 51.6 Å². The number of amides is 1. The largest absolute Gasteiger partial charge is 0.372 e. The van der Waals surface area contributed by atoms with Crippen LogP contribution in [0.4, 0.5) is 0 Å². The maximum atomic E-state index is 12.8. The van der Waals surface area contributed by atoms with Crippen LogP contribution in [0.3, 0.4) is 0 Å². The van der Waals surface area contributed by atoms with E-state index in [2.05, 4.69) is 4.72 Å². The Kier molecular flexibility index (Phi) is 5.13. The fourth-order valence-corrected chi connectivity index (χ4v) is 3.93. The summed E-state index contributed by atoms with van der Waals surface area (Å²) >= 11 is 0. The number of hydrogen-bond donors (Lipinski definition) is 1. The monoisotopic (exact) mass is 340 g/mol. The van der Waals surface area contributed by atoms with Gasteiger partial charge in [0.05, 0.1) is 17.1 Å². The lowest BCUT2D eigenvalue weighted by atomic mass is 10.0. The van der Waals surface area contributed by atoms with Gasteiger partial charge in [-0.1, -0.05) is 0 Å². The number of morpholine rings is 1. The van der Waals surface area contributed by atoms with E-state index in [4.69, 9.17) is 4.74 Å². The number of rotatable bonds is 3. The number of aryl methyl sites for hydroxylation is 1. The second kappa shape index (κ2) is 6.59. The zero-order chi connectivity index (χ0) is 17.4. The zero-order valence-electron chi connectivity index (χ0n) is 14.2. The van der Waals surface area contributed by atoms with Gasteiger partial charge in [-0.05, 0) is 58.0 Å². The molecule has 1 aliphatic heterocycles. The van der Waals surface area contributed by atoms with Crippen LogP contribution in [0.2, 0.25) is 0 Å². The third-order valence-corrected chi connectivity index (χ3v) is 5.67. The Hall–Kier alpha value is -1.44. The Morgan fingerprint density at radius 2 is 1.78 bits per heavy atom. The molecular formula is C16H24N2O4S. The summed E-state index contributed by atoms with van der Waals surface area (Å²) in [6, 6.07) is 3.21. The molecule has 2 rings (SSSR count). The summed E-state index contributed by atoms with van der Waals surface area (Å²) in [7, 11) is -2.24. The van der Waals surface area contributed by atoms with Gasteiger partial charge in [0.15, 0.2) is 0 Å². The van der Waals surface area contributed by atoms with E-state index in [1.54, 1.807) is 17.9 Å². The summed E-state index contributed by atoms with van der Waals surface area (Å²) < 4.78 is 32.3. The van der Waals surface area contributed by atoms with Crippen molar-refractivity contribution < 1.29 is 17.9 Å². The van der Waals surface area contributed by atoms with Crippen LogP contribution in [0.25, 0.3) is 0 Å². The predicted octanol–water partition coefficient (Wildman–Crippen LogP) is 1.46. The summed E-state index contributed by atoms with van der Waals surface area (Å²) in [5.74, 6) is -0.164. The molecule has 1 aliphatic rings. The van der Waals surface area contributed by atoms with Crippen LogP contribution < -0.4 is 4.72 Å². The SMILES string of the molecule is CNS(=O)(=O)c1cc(C(=O)N2C[C@@H](C)O[C@@H](C)C2)cc(C)c1C. The number of benzene rings is 1. The minimum atomic E-state index is -3.61. The number of carbonyl (C=O) groups excluding carboxylic acids is 1. The molecule has 0 saturated carbocycles. The Labute approximate surface area is 137 Å². The summed E-state index contributed by atoms with van der Waals surface area (Å²) in [5.41, 5.74) is 1.82. The van der Waals surface area contributed by atoms with Gasteiger partial charge in [0, 0.05) is 18.7 Å². The molecule has 1 fully saturated rings. The standard InChI is InChI=1S/C16H24N2O4S/c1-10-6-14(7-15(13(10)4)23(20,21)17-5)16(19)18-8-11(2)22-12(3)9-18/h6-7,11-12,17H,8-9H2,1-5H3/t11-,12+. The number of ether oxygens (including phenoxy) is 1. The lowest BCUT2D eigenvalue weighted by Gasteiger charge is -2.35. The molecule has 0 bridgehead atoms. The van der Waals surface area contributed by atoms with Crippen LogP contribution in [0, 0.1) is 13.8 Å². The minimum absolute atomic E-state index is 0.0326. The molecular weight excluding hydrogens is 316 g/mol. The Morgan fingerprint density at radius 3 is 2.30 bits per heavy atom. The van der Waals surface area contributed by atoms with Gasteiger partial charge in [0.1, 0.15) is 0 Å². The van der Waals surface area contributed by atoms with Crippen molar-refractivity contribution in [3.05, 3.63) is 28.8 Å². The van der Waals surface area contributed by atoms with Gasteiger partial charge in [0.25, 0.3) is 5.91 Å². The van der Waals surface area contributed by atoms with Gasteiger partial charge in [-0.3, -0.25) is 4.79 Å². The van der Waals surface area contributed by atoms with Gasteiger partial charge >= 0.3 is 0 Å². The van der Waals surface area contributed by atoms with E-state index in [-0.39, 0.29) is 23.0 Å². The van der Waals surface area contributed by atoms with Crippen molar-refractivity contribution in [3.8, 4) is 0 Å². The summed E-state index contributed by atoms with van der Waals surface area (Å²) in [6.07, 6.45) is -0.0653. The van der Waals surface area contributed by atoms with E-state index >= 15 is 0 Å². The maximum Gasteiger partial charge on any atom is 0.254 e. The third-order valence-electron chi connectivity index (χ3n) is 4.13. The normalized spacial score (nSPS) is 22.2. The molecule has 1 saturated heterocycles. The van der Waals surface area contributed by atoms with Gasteiger partial charge in [0.2, 0.25) is 10.0 Å². The van der Waals surface area contributed by atoms with E-state index in [1.165, 1.54) is 13.1 Å². The van der Waals surface area contributed by atoms with Gasteiger partial charge in [-0.15, -0.1) is 0 Å². The highest BCUT2D eigenvalue weighted by atomic mass is 32.2. The quantitative estimate of drug-likeness (QED) is 0.904. The molecule has 0 aliphatic carbocycles. The molecule has 0 aromatic heterocycles. The van der Waals surface area contributed by atoms with Crippen molar-refractivity contribution in [2.45, 2.75) is 44.8 Å². The highest BCUT2D eigenvalue weighted by Crippen LogP contribution is 2.23. The highest BCUT2D eigenvalue weighted by molar-refractivity contribution is 7.89. The predicted molar refractivity (Wildman–Crippen MR) is 88.1 cm³/mol. The molecule has 1 heterocycles. The summed E-state index contributed by atoms with van der Waals surface area (Å²) in [4.78, 5) is 14.6. The van der Waals surface area contributed by atoms with Gasteiger partial charge < -0.3 is 9.64 Å². The molecule has 2 atom stereocenters. The van der Waals surface area contributed by atoms with Crippen molar-refractivity contribution in [2.75, 3.05) is 20.1 Å². The number of sulfonamides is 1. The van der Waals surface area contributed by atoms with E-state index in [0.717, 1.165) is 5.56 Å². The average molecular weight is 340 g/mol. The first kappa shape index (κ1) is 17.9. The van der Waals surface area contributed by atoms with Crippen LogP contribution in [-0.2, 0) is 14.8 Å². The fraction of sp³-hybridized carbons (Fsp3) is 0.562. The average Bonchev–Trinajstić information content (AvgIpc) is 2.47. The first-order valence-electron chi connectivity index (χ1n) is 7.65. The van der Waals surface area contributed by atoms with Crippen molar-refractivity contribution in [2.24, 2.45) is 0 Å². The molecule has 1 N–H and O–H groups in total. The van der Waals surface area contributed by atoms with Crippen molar-refractivity contribution in [1.82, 2.24) is 9.62 Å². The second-order valence-electron chi connectivity index (χ2n) is 6.09. The van der Waals surface area contributed by atoms with Gasteiger partial charge in [-0.2, -0.15) is 0 Å². The van der Waals surface area contributed by atoms with Crippen molar-refractivity contribution >= 4 is 15.9 Å². The second-order valence-corrected chi connectivity index (χ2v) is 7.95. The van der Waals surface area contributed by atoms with Gasteiger partial charge in [-0.25, -0.2) is 13.1 Å². The van der Waals surface area contributed by atoms with Crippen LogP contribution in [0.15, 0.2) is 17.0 Å². The topological polar surface area (TPSA) is 75.7 Å². The third kappa shape index (κ3) is 3.73. The summed E-state index contributed by atoms with van der Waals surface area (Å²) in [6.45, 7) is 8.41. The first-order chi connectivity index (χ1) is 10.7. The molecule has 128 valence electrons. The number of hydrogen-bond acceptors (Lipinski definition) is 4. The van der Waals surface area contributed by atoms with Crippen LogP contribution in [0.1, 0.15) is 35.3 Å². The van der Waals surface area contributed by atoms with Crippen molar-refractivity contribution in [1.29, 1.82) is 0 Å². The molecule has 0 radical (unpaired) electrons. The summed E-state index contributed by atoms with van der Waals surface area (Å²) in [5, 5.41) is 0. The van der Waals surface area contributed by atoms with E-state index < -0.39 is 10.0 Å². The first-order valence-corrected chi connectivity index (χ1v) is 9.13. The molecule has 1 amide bonds. The van der Waals surface area contributed by atoms with E-state index in [1.807, 2.05) is 20.8 Å². The molecule has 7 heteroatoms. The maximum absolute atomic E-state index is 12.8. The smallest absolute Gasteiger partial charge is 0.254 e. The lowest BCUT2D eigenvalue weighted by molar-refractivity contribution is -0.0586. The molecule has 1 aromatic rings. The number of carbonyl (C=O) groups is 1. The zero-order valence-corrected chi connectivity index (χ0v) is 15.0. The Balaban J connectivity index is 2.42. The highest BCUT2D eigenvalue weighted by Gasteiger charge is 2.28. The molecule has 23 heavy (non-hydrogen) atoms. The lowest BCUT2D eigenvalue weighted by Crippen LogP contribution is -2.48.